The molecule has 1 fully saturated rings. The van der Waals surface area contributed by atoms with Crippen LogP contribution in [-0.4, -0.2) is 23.7 Å². The van der Waals surface area contributed by atoms with E-state index in [4.69, 9.17) is 0 Å². The van der Waals surface area contributed by atoms with E-state index in [1.54, 1.807) is 12.1 Å². The Hall–Kier alpha value is -1.74. The molecule has 128 valence electrons. The Labute approximate surface area is 143 Å². The molecule has 0 bridgehead atoms. The summed E-state index contributed by atoms with van der Waals surface area (Å²) in [5, 5.41) is 0. The van der Waals surface area contributed by atoms with E-state index in [2.05, 4.69) is 29.2 Å². The molecule has 1 aliphatic heterocycles. The van der Waals surface area contributed by atoms with Gasteiger partial charge in [0.05, 0.1) is 0 Å². The van der Waals surface area contributed by atoms with Crippen molar-refractivity contribution in [1.29, 1.82) is 0 Å². The first-order valence-electron chi connectivity index (χ1n) is 8.85. The maximum absolute atomic E-state index is 14.6. The molecular formula is C21H25F2N. The highest BCUT2D eigenvalue weighted by molar-refractivity contribution is 5.21. The lowest BCUT2D eigenvalue weighted by Gasteiger charge is -2.41. The second kappa shape index (κ2) is 7.89. The number of likely N-dealkylation sites (tertiary alicyclic amines) is 1. The molecule has 0 aliphatic carbocycles. The Kier molecular flexibility index (Phi) is 5.62. The maximum atomic E-state index is 14.6. The predicted octanol–water partition coefficient (Wildman–Crippen LogP) is 5.32. The topological polar surface area (TPSA) is 3.24 Å². The van der Waals surface area contributed by atoms with Gasteiger partial charge in [-0.1, -0.05) is 49.4 Å². The zero-order valence-electron chi connectivity index (χ0n) is 14.2. The number of rotatable bonds is 5. The van der Waals surface area contributed by atoms with Gasteiger partial charge in [0.25, 0.3) is 0 Å². The van der Waals surface area contributed by atoms with E-state index in [9.17, 15) is 8.78 Å². The third-order valence-corrected chi connectivity index (χ3v) is 5.14. The molecule has 1 nitrogen and oxygen atoms in total. The summed E-state index contributed by atoms with van der Waals surface area (Å²) < 4.78 is 27.7. The molecule has 0 aromatic heterocycles. The highest BCUT2D eigenvalue weighted by atomic mass is 19.1. The fraction of sp³-hybridized carbons (Fsp3) is 0.429. The molecule has 2 aromatic rings. The molecule has 3 atom stereocenters. The van der Waals surface area contributed by atoms with Crippen molar-refractivity contribution >= 4 is 0 Å². The summed E-state index contributed by atoms with van der Waals surface area (Å²) in [4.78, 5) is 2.24. The largest absolute Gasteiger partial charge is 0.293 e. The van der Waals surface area contributed by atoms with E-state index >= 15 is 0 Å². The van der Waals surface area contributed by atoms with Crippen LogP contribution < -0.4 is 0 Å². The van der Waals surface area contributed by atoms with Gasteiger partial charge < -0.3 is 0 Å². The highest BCUT2D eigenvalue weighted by Gasteiger charge is 2.33. The number of hydrogen-bond acceptors (Lipinski definition) is 1. The van der Waals surface area contributed by atoms with Crippen molar-refractivity contribution in [2.45, 2.75) is 50.9 Å². The first-order valence-corrected chi connectivity index (χ1v) is 8.85. The minimum Gasteiger partial charge on any atom is -0.293 e. The zero-order chi connectivity index (χ0) is 16.9. The van der Waals surface area contributed by atoms with Crippen molar-refractivity contribution in [2.24, 2.45) is 0 Å². The monoisotopic (exact) mass is 329 g/mol. The Balaban J connectivity index is 1.73. The van der Waals surface area contributed by atoms with E-state index in [1.807, 2.05) is 13.0 Å². The van der Waals surface area contributed by atoms with Crippen molar-refractivity contribution in [1.82, 2.24) is 4.90 Å². The quantitative estimate of drug-likeness (QED) is 0.717. The zero-order valence-corrected chi connectivity index (χ0v) is 14.2. The molecule has 24 heavy (non-hydrogen) atoms. The number of nitrogens with zero attached hydrogens (tertiary/aromatic N) is 1. The van der Waals surface area contributed by atoms with Crippen molar-refractivity contribution in [3.05, 3.63) is 71.5 Å². The summed E-state index contributed by atoms with van der Waals surface area (Å²) in [6, 6.07) is 16.9. The number of hydrogen-bond donors (Lipinski definition) is 0. The van der Waals surface area contributed by atoms with Gasteiger partial charge >= 0.3 is 0 Å². The third-order valence-electron chi connectivity index (χ3n) is 5.14. The summed E-state index contributed by atoms with van der Waals surface area (Å²) >= 11 is 0. The Morgan fingerprint density at radius 1 is 1.08 bits per heavy atom. The number of piperidine rings is 1. The van der Waals surface area contributed by atoms with Crippen LogP contribution in [0.4, 0.5) is 8.78 Å². The van der Waals surface area contributed by atoms with E-state index in [0.717, 1.165) is 24.9 Å². The summed E-state index contributed by atoms with van der Waals surface area (Å²) in [5.74, 6) is 0.195. The van der Waals surface area contributed by atoms with Crippen LogP contribution in [0.5, 0.6) is 0 Å². The van der Waals surface area contributed by atoms with Gasteiger partial charge in [0.1, 0.15) is 12.0 Å². The molecule has 0 amide bonds. The van der Waals surface area contributed by atoms with Crippen LogP contribution in [0.1, 0.15) is 43.2 Å². The van der Waals surface area contributed by atoms with Crippen LogP contribution in [0.15, 0.2) is 54.6 Å². The van der Waals surface area contributed by atoms with Gasteiger partial charge in [0, 0.05) is 12.6 Å². The van der Waals surface area contributed by atoms with Gasteiger partial charge in [-0.05, 0) is 55.0 Å². The molecule has 0 radical (unpaired) electrons. The fourth-order valence-corrected chi connectivity index (χ4v) is 3.74. The van der Waals surface area contributed by atoms with Crippen LogP contribution in [-0.2, 0) is 6.54 Å². The molecule has 1 heterocycles. The van der Waals surface area contributed by atoms with Gasteiger partial charge in [0.2, 0.25) is 0 Å². The predicted molar refractivity (Wildman–Crippen MR) is 94.2 cm³/mol. The van der Waals surface area contributed by atoms with Gasteiger partial charge in [-0.3, -0.25) is 4.90 Å². The van der Waals surface area contributed by atoms with Crippen molar-refractivity contribution in [3.63, 3.8) is 0 Å². The second-order valence-corrected chi connectivity index (χ2v) is 6.72. The van der Waals surface area contributed by atoms with E-state index in [1.165, 1.54) is 17.7 Å². The van der Waals surface area contributed by atoms with E-state index in [-0.39, 0.29) is 11.9 Å². The standard InChI is InChI=1S/C21H25F2N/c1-2-20(23)21-14-18(17-6-4-3-5-7-17)12-13-24(21)15-16-8-10-19(22)11-9-16/h3-11,18,20-21H,2,12-15H2,1H3. The highest BCUT2D eigenvalue weighted by Crippen LogP contribution is 2.35. The minimum absolute atomic E-state index is 0.0704. The third kappa shape index (κ3) is 4.02. The van der Waals surface area contributed by atoms with Crippen LogP contribution in [0.25, 0.3) is 0 Å². The average molecular weight is 329 g/mol. The average Bonchev–Trinajstić information content (AvgIpc) is 2.64. The molecule has 1 aliphatic rings. The first kappa shape index (κ1) is 17.1. The SMILES string of the molecule is CCC(F)C1CC(c2ccccc2)CCN1Cc1ccc(F)cc1. The summed E-state index contributed by atoms with van der Waals surface area (Å²) in [6.07, 6.45) is 1.60. The normalized spacial score (nSPS) is 23.1. The molecular weight excluding hydrogens is 304 g/mol. The van der Waals surface area contributed by atoms with Crippen LogP contribution in [0, 0.1) is 5.82 Å². The molecule has 2 aromatic carbocycles. The molecule has 3 unspecified atom stereocenters. The smallest absolute Gasteiger partial charge is 0.123 e. The van der Waals surface area contributed by atoms with Crippen molar-refractivity contribution < 1.29 is 8.78 Å². The second-order valence-electron chi connectivity index (χ2n) is 6.72. The maximum Gasteiger partial charge on any atom is 0.123 e. The van der Waals surface area contributed by atoms with Gasteiger partial charge in [-0.15, -0.1) is 0 Å². The van der Waals surface area contributed by atoms with Crippen LogP contribution >= 0.6 is 0 Å². The van der Waals surface area contributed by atoms with Crippen molar-refractivity contribution in [3.8, 4) is 0 Å². The number of alkyl halides is 1. The van der Waals surface area contributed by atoms with Crippen molar-refractivity contribution in [2.75, 3.05) is 6.54 Å². The number of halogens is 2. The van der Waals surface area contributed by atoms with E-state index in [0.29, 0.717) is 18.9 Å². The molecule has 0 N–H and O–H groups in total. The lowest BCUT2D eigenvalue weighted by atomic mass is 9.83. The molecule has 3 heteroatoms. The summed E-state index contributed by atoms with van der Waals surface area (Å²) in [6.45, 7) is 3.47. The summed E-state index contributed by atoms with van der Waals surface area (Å²) in [7, 11) is 0. The van der Waals surface area contributed by atoms with E-state index < -0.39 is 6.17 Å². The molecule has 3 rings (SSSR count). The molecule has 0 spiro atoms. The van der Waals surface area contributed by atoms with Crippen LogP contribution in [0.3, 0.4) is 0 Å². The Bertz CT molecular complexity index is 626. The molecule has 1 saturated heterocycles. The van der Waals surface area contributed by atoms with Gasteiger partial charge in [-0.2, -0.15) is 0 Å². The Morgan fingerprint density at radius 3 is 2.46 bits per heavy atom. The fourth-order valence-electron chi connectivity index (χ4n) is 3.74. The van der Waals surface area contributed by atoms with Gasteiger partial charge in [0.15, 0.2) is 0 Å². The lowest BCUT2D eigenvalue weighted by molar-refractivity contribution is 0.0588. The first-order chi connectivity index (χ1) is 11.7. The van der Waals surface area contributed by atoms with Crippen LogP contribution in [0.2, 0.25) is 0 Å². The minimum atomic E-state index is -0.822. The summed E-state index contributed by atoms with van der Waals surface area (Å²) in [5.41, 5.74) is 2.36. The lowest BCUT2D eigenvalue weighted by Crippen LogP contribution is -2.46. The number of benzene rings is 2. The molecule has 0 saturated carbocycles. The van der Waals surface area contributed by atoms with Gasteiger partial charge in [-0.25, -0.2) is 8.78 Å². The Morgan fingerprint density at radius 2 is 1.79 bits per heavy atom.